The molecule has 0 unspecified atom stereocenters. The molecule has 9 heteroatoms. The molecule has 0 radical (unpaired) electrons. The molecule has 1 aromatic carbocycles. The van der Waals surface area contributed by atoms with E-state index in [2.05, 4.69) is 5.32 Å². The second-order valence-electron chi connectivity index (χ2n) is 4.10. The minimum atomic E-state index is -4.33. The van der Waals surface area contributed by atoms with Gasteiger partial charge in [0.25, 0.3) is 16.0 Å². The van der Waals surface area contributed by atoms with Crippen molar-refractivity contribution < 1.29 is 27.7 Å². The molecule has 0 saturated heterocycles. The summed E-state index contributed by atoms with van der Waals surface area (Å²) in [4.78, 5) is 22.9. The number of rotatable bonds is 6. The molecule has 0 aromatic heterocycles. The molecule has 0 aliphatic heterocycles. The maximum Gasteiger partial charge on any atom is 0.326 e. The molecule has 3 N–H and O–H groups in total. The Morgan fingerprint density at radius 2 is 1.95 bits per heavy atom. The number of amides is 1. The smallest absolute Gasteiger partial charge is 0.326 e. The molecule has 1 amide bonds. The normalized spacial score (nSPS) is 12.2. The summed E-state index contributed by atoms with van der Waals surface area (Å²) in [6.45, 7) is 0. The van der Waals surface area contributed by atoms with Crippen molar-refractivity contribution in [3.05, 3.63) is 35.4 Å². The van der Waals surface area contributed by atoms with Gasteiger partial charge in [0, 0.05) is 0 Å². The zero-order valence-corrected chi connectivity index (χ0v) is 11.5. The molecule has 1 rings (SSSR count). The van der Waals surface area contributed by atoms with Gasteiger partial charge in [-0.25, -0.2) is 4.79 Å². The second-order valence-corrected chi connectivity index (χ2v) is 5.67. The molecule has 0 spiro atoms. The van der Waals surface area contributed by atoms with E-state index in [1.807, 2.05) is 0 Å². The summed E-state index contributed by atoms with van der Waals surface area (Å²) in [7, 11) is -4.33. The Labute approximate surface area is 120 Å². The Kier molecular flexibility index (Phi) is 5.40. The van der Waals surface area contributed by atoms with Crippen LogP contribution in [-0.4, -0.2) is 41.7 Å². The summed E-state index contributed by atoms with van der Waals surface area (Å²) in [6.07, 6.45) is -0.491. The quantitative estimate of drug-likeness (QED) is 0.628. The molecule has 0 heterocycles. The van der Waals surface area contributed by atoms with Crippen LogP contribution in [0.3, 0.4) is 0 Å². The van der Waals surface area contributed by atoms with E-state index in [1.54, 1.807) is 12.1 Å². The van der Waals surface area contributed by atoms with E-state index >= 15 is 0 Å². The Morgan fingerprint density at radius 3 is 2.48 bits per heavy atom. The molecule has 21 heavy (non-hydrogen) atoms. The number of aliphatic carboxylic acids is 1. The molecule has 1 aromatic rings. The maximum absolute atomic E-state index is 11.9. The van der Waals surface area contributed by atoms with E-state index < -0.39 is 40.2 Å². The predicted molar refractivity (Wildman–Crippen MR) is 71.1 cm³/mol. The van der Waals surface area contributed by atoms with E-state index in [4.69, 9.17) is 14.9 Å². The van der Waals surface area contributed by atoms with Gasteiger partial charge in [-0.2, -0.15) is 13.7 Å². The van der Waals surface area contributed by atoms with Gasteiger partial charge in [-0.05, 0) is 18.6 Å². The molecule has 0 bridgehead atoms. The number of nitrogens with one attached hydrogen (secondary N) is 1. The zero-order valence-electron chi connectivity index (χ0n) is 10.7. The summed E-state index contributed by atoms with van der Waals surface area (Å²) in [5, 5.41) is 19.9. The van der Waals surface area contributed by atoms with Gasteiger partial charge in [-0.1, -0.05) is 12.1 Å². The van der Waals surface area contributed by atoms with Gasteiger partial charge in [-0.3, -0.25) is 9.35 Å². The molecule has 0 aliphatic carbocycles. The van der Waals surface area contributed by atoms with Crippen LogP contribution in [0, 0.1) is 11.3 Å². The molecule has 0 aliphatic rings. The Morgan fingerprint density at radius 1 is 1.33 bits per heavy atom. The van der Waals surface area contributed by atoms with Crippen molar-refractivity contribution in [1.29, 1.82) is 5.26 Å². The van der Waals surface area contributed by atoms with Gasteiger partial charge < -0.3 is 10.4 Å². The lowest BCUT2D eigenvalue weighted by Crippen LogP contribution is -2.42. The highest BCUT2D eigenvalue weighted by atomic mass is 32.2. The fraction of sp³-hybridized carbons (Fsp3) is 0.250. The number of carboxylic acids is 1. The lowest BCUT2D eigenvalue weighted by molar-refractivity contribution is -0.139. The van der Waals surface area contributed by atoms with Gasteiger partial charge in [0.1, 0.15) is 6.04 Å². The van der Waals surface area contributed by atoms with Crippen LogP contribution in [0.15, 0.2) is 24.3 Å². The van der Waals surface area contributed by atoms with Crippen molar-refractivity contribution in [3.8, 4) is 6.07 Å². The van der Waals surface area contributed by atoms with Crippen LogP contribution < -0.4 is 5.32 Å². The minimum Gasteiger partial charge on any atom is -0.480 e. The number of carbonyl (C=O) groups excluding carboxylic acids is 1. The SMILES string of the molecule is N#Cc1ccccc1C(=O)N[C@@H](CCS(=O)(=O)O)C(=O)O. The van der Waals surface area contributed by atoms with Crippen LogP contribution in [0.5, 0.6) is 0 Å². The van der Waals surface area contributed by atoms with Gasteiger partial charge in [0.2, 0.25) is 0 Å². The van der Waals surface area contributed by atoms with Crippen LogP contribution in [0.2, 0.25) is 0 Å². The Balaban J connectivity index is 2.87. The number of nitrogens with zero attached hydrogens (tertiary/aromatic N) is 1. The van der Waals surface area contributed by atoms with E-state index in [1.165, 1.54) is 18.2 Å². The van der Waals surface area contributed by atoms with Crippen LogP contribution >= 0.6 is 0 Å². The van der Waals surface area contributed by atoms with Gasteiger partial charge in [0.05, 0.1) is 22.9 Å². The highest BCUT2D eigenvalue weighted by Crippen LogP contribution is 2.08. The van der Waals surface area contributed by atoms with Crippen molar-refractivity contribution in [2.24, 2.45) is 0 Å². The first-order valence-electron chi connectivity index (χ1n) is 5.72. The second kappa shape index (κ2) is 6.83. The number of benzene rings is 1. The van der Waals surface area contributed by atoms with E-state index in [0.29, 0.717) is 0 Å². The summed E-state index contributed by atoms with van der Waals surface area (Å²) < 4.78 is 29.8. The lowest BCUT2D eigenvalue weighted by Gasteiger charge is -2.14. The van der Waals surface area contributed by atoms with Crippen molar-refractivity contribution in [2.75, 3.05) is 5.75 Å². The first-order chi connectivity index (χ1) is 9.74. The fourth-order valence-electron chi connectivity index (χ4n) is 1.54. The van der Waals surface area contributed by atoms with Crippen molar-refractivity contribution in [2.45, 2.75) is 12.5 Å². The van der Waals surface area contributed by atoms with E-state index in [9.17, 15) is 18.0 Å². The largest absolute Gasteiger partial charge is 0.480 e. The van der Waals surface area contributed by atoms with Gasteiger partial charge in [0.15, 0.2) is 0 Å². The highest BCUT2D eigenvalue weighted by molar-refractivity contribution is 7.85. The van der Waals surface area contributed by atoms with Gasteiger partial charge in [-0.15, -0.1) is 0 Å². The molecule has 0 saturated carbocycles. The summed E-state index contributed by atoms with van der Waals surface area (Å²) >= 11 is 0. The minimum absolute atomic E-state index is 0.0156. The number of hydrogen-bond donors (Lipinski definition) is 3. The third kappa shape index (κ3) is 5.21. The van der Waals surface area contributed by atoms with Crippen LogP contribution in [0.25, 0.3) is 0 Å². The molecule has 0 fully saturated rings. The molecule has 1 atom stereocenters. The maximum atomic E-state index is 11.9. The summed E-state index contributed by atoms with van der Waals surface area (Å²) in [5.41, 5.74) is 0.0482. The van der Waals surface area contributed by atoms with Crippen molar-refractivity contribution in [1.82, 2.24) is 5.32 Å². The van der Waals surface area contributed by atoms with Crippen molar-refractivity contribution in [3.63, 3.8) is 0 Å². The fourth-order valence-corrected chi connectivity index (χ4v) is 2.07. The van der Waals surface area contributed by atoms with Crippen LogP contribution in [0.4, 0.5) is 0 Å². The van der Waals surface area contributed by atoms with E-state index in [0.717, 1.165) is 0 Å². The Hall–Kier alpha value is -2.44. The molecular formula is C12H12N2O6S. The average Bonchev–Trinajstić information content (AvgIpc) is 2.41. The Bertz CT molecular complexity index is 692. The predicted octanol–water partition coefficient (Wildman–Crippen LogP) is 0.0192. The average molecular weight is 312 g/mol. The first-order valence-corrected chi connectivity index (χ1v) is 7.33. The summed E-state index contributed by atoms with van der Waals surface area (Å²) in [6, 6.07) is 6.08. The highest BCUT2D eigenvalue weighted by Gasteiger charge is 2.23. The number of nitriles is 1. The lowest BCUT2D eigenvalue weighted by atomic mass is 10.1. The number of hydrogen-bond acceptors (Lipinski definition) is 5. The topological polar surface area (TPSA) is 145 Å². The van der Waals surface area contributed by atoms with Crippen molar-refractivity contribution >= 4 is 22.0 Å². The van der Waals surface area contributed by atoms with Gasteiger partial charge >= 0.3 is 5.97 Å². The van der Waals surface area contributed by atoms with E-state index in [-0.39, 0.29) is 11.1 Å². The summed E-state index contributed by atoms with van der Waals surface area (Å²) in [5.74, 6) is -3.05. The monoisotopic (exact) mass is 312 g/mol. The molecular weight excluding hydrogens is 300 g/mol. The zero-order chi connectivity index (χ0) is 16.0. The van der Waals surface area contributed by atoms with Crippen LogP contribution in [-0.2, 0) is 14.9 Å². The number of carboxylic acid groups (broad SMARTS) is 1. The number of carbonyl (C=O) groups is 2. The third-order valence-corrected chi connectivity index (χ3v) is 3.31. The van der Waals surface area contributed by atoms with Crippen LogP contribution in [0.1, 0.15) is 22.3 Å². The standard InChI is InChI=1S/C12H12N2O6S/c13-7-8-3-1-2-4-9(8)11(15)14-10(12(16)17)5-6-21(18,19)20/h1-4,10H,5-6H2,(H,14,15)(H,16,17)(H,18,19,20)/t10-/m0/s1. The molecule has 112 valence electrons. The molecule has 8 nitrogen and oxygen atoms in total. The first kappa shape index (κ1) is 16.6. The third-order valence-electron chi connectivity index (χ3n) is 2.56.